The van der Waals surface area contributed by atoms with Gasteiger partial charge in [-0.2, -0.15) is 0 Å². The Hall–Kier alpha value is -2.64. The fourth-order valence-corrected chi connectivity index (χ4v) is 2.47. The van der Waals surface area contributed by atoms with Gasteiger partial charge in [0.15, 0.2) is 6.61 Å². The molecule has 0 spiro atoms. The van der Waals surface area contributed by atoms with E-state index < -0.39 is 10.9 Å². The van der Waals surface area contributed by atoms with Crippen molar-refractivity contribution in [2.75, 3.05) is 32.1 Å². The van der Waals surface area contributed by atoms with E-state index in [2.05, 4.69) is 5.32 Å². The zero-order valence-electron chi connectivity index (χ0n) is 12.9. The van der Waals surface area contributed by atoms with E-state index in [9.17, 15) is 19.7 Å². The minimum absolute atomic E-state index is 0.0353. The van der Waals surface area contributed by atoms with Crippen LogP contribution in [0.3, 0.4) is 0 Å². The fraction of sp³-hybridized carbons (Fsp3) is 0.467. The second-order valence-corrected chi connectivity index (χ2v) is 5.25. The van der Waals surface area contributed by atoms with Crippen molar-refractivity contribution in [1.29, 1.82) is 0 Å². The summed E-state index contributed by atoms with van der Waals surface area (Å²) in [6.07, 6.45) is 3.01. The molecule has 23 heavy (non-hydrogen) atoms. The summed E-state index contributed by atoms with van der Waals surface area (Å²) in [5.74, 6) is -1.00. The molecule has 1 heterocycles. The third kappa shape index (κ3) is 4.18. The van der Waals surface area contributed by atoms with Crippen LogP contribution in [0.15, 0.2) is 18.2 Å². The van der Waals surface area contributed by atoms with E-state index in [4.69, 9.17) is 4.74 Å². The quantitative estimate of drug-likeness (QED) is 0.504. The van der Waals surface area contributed by atoms with Gasteiger partial charge < -0.3 is 15.0 Å². The largest absolute Gasteiger partial charge is 0.452 e. The molecule has 1 aliphatic heterocycles. The van der Waals surface area contributed by atoms with Crippen molar-refractivity contribution in [3.8, 4) is 0 Å². The second kappa shape index (κ2) is 7.57. The predicted molar refractivity (Wildman–Crippen MR) is 83.4 cm³/mol. The van der Waals surface area contributed by atoms with Crippen molar-refractivity contribution in [3.05, 3.63) is 33.9 Å². The number of hydrogen-bond donors (Lipinski definition) is 1. The van der Waals surface area contributed by atoms with E-state index in [0.717, 1.165) is 25.3 Å². The molecule has 0 saturated carbocycles. The van der Waals surface area contributed by atoms with Crippen LogP contribution in [0.4, 0.5) is 11.4 Å². The summed E-state index contributed by atoms with van der Waals surface area (Å²) < 4.78 is 5.03. The molecule has 0 aromatic heterocycles. The van der Waals surface area contributed by atoms with Gasteiger partial charge in [0.25, 0.3) is 11.6 Å². The highest BCUT2D eigenvalue weighted by atomic mass is 16.6. The fourth-order valence-electron chi connectivity index (χ4n) is 2.47. The molecule has 0 unspecified atom stereocenters. The van der Waals surface area contributed by atoms with Gasteiger partial charge in [-0.05, 0) is 25.3 Å². The van der Waals surface area contributed by atoms with E-state index >= 15 is 0 Å². The summed E-state index contributed by atoms with van der Waals surface area (Å²) >= 11 is 0. The lowest BCUT2D eigenvalue weighted by Gasteiger charge is -2.26. The minimum Gasteiger partial charge on any atom is -0.452 e. The summed E-state index contributed by atoms with van der Waals surface area (Å²) in [6, 6.07) is 3.86. The van der Waals surface area contributed by atoms with E-state index in [1.165, 1.54) is 12.1 Å². The van der Waals surface area contributed by atoms with Crippen molar-refractivity contribution < 1.29 is 19.2 Å². The second-order valence-electron chi connectivity index (χ2n) is 5.25. The van der Waals surface area contributed by atoms with Crippen LogP contribution in [0.25, 0.3) is 0 Å². The van der Waals surface area contributed by atoms with Gasteiger partial charge in [-0.1, -0.05) is 0 Å². The Morgan fingerprint density at radius 2 is 2.00 bits per heavy atom. The molecule has 0 radical (unpaired) electrons. The van der Waals surface area contributed by atoms with Crippen molar-refractivity contribution in [1.82, 2.24) is 4.90 Å². The number of likely N-dealkylation sites (tertiary alicyclic amines) is 1. The first-order valence-corrected chi connectivity index (χ1v) is 7.44. The van der Waals surface area contributed by atoms with Crippen LogP contribution in [0.5, 0.6) is 0 Å². The normalized spacial score (nSPS) is 14.2. The van der Waals surface area contributed by atoms with Crippen LogP contribution in [-0.4, -0.2) is 48.4 Å². The average molecular weight is 321 g/mol. The van der Waals surface area contributed by atoms with E-state index in [1.54, 1.807) is 11.9 Å². The molecule has 8 nitrogen and oxygen atoms in total. The lowest BCUT2D eigenvalue weighted by Crippen LogP contribution is -2.38. The van der Waals surface area contributed by atoms with Crippen LogP contribution in [-0.2, 0) is 9.53 Å². The van der Waals surface area contributed by atoms with E-state index in [1.807, 2.05) is 0 Å². The number of non-ortho nitro benzene ring substituents is 1. The highest BCUT2D eigenvalue weighted by Gasteiger charge is 2.21. The van der Waals surface area contributed by atoms with E-state index in [-0.39, 0.29) is 23.8 Å². The molecular weight excluding hydrogens is 302 g/mol. The first kappa shape index (κ1) is 16.7. The monoisotopic (exact) mass is 321 g/mol. The van der Waals surface area contributed by atoms with Crippen molar-refractivity contribution in [2.24, 2.45) is 0 Å². The van der Waals surface area contributed by atoms with Crippen molar-refractivity contribution in [3.63, 3.8) is 0 Å². The molecule has 1 amide bonds. The number of rotatable bonds is 5. The maximum absolute atomic E-state index is 12.1. The van der Waals surface area contributed by atoms with Gasteiger partial charge in [0.05, 0.1) is 10.5 Å². The molecule has 8 heteroatoms. The van der Waals surface area contributed by atoms with Gasteiger partial charge in [0, 0.05) is 38.0 Å². The molecule has 0 atom stereocenters. The van der Waals surface area contributed by atoms with Gasteiger partial charge >= 0.3 is 5.97 Å². The molecule has 1 N–H and O–H groups in total. The number of nitrogens with one attached hydrogen (secondary N) is 1. The molecule has 1 aromatic rings. The molecule has 0 bridgehead atoms. The highest BCUT2D eigenvalue weighted by molar-refractivity contribution is 5.97. The standard InChI is InChI=1S/C15H19N3O5/c1-16-13-6-5-11(18(21)22)9-12(13)15(20)23-10-14(19)17-7-3-2-4-8-17/h5-6,9,16H,2-4,7-8,10H2,1H3. The first-order valence-electron chi connectivity index (χ1n) is 7.44. The van der Waals surface area contributed by atoms with Crippen LogP contribution in [0, 0.1) is 10.1 Å². The molecule has 1 fully saturated rings. The molecule has 2 rings (SSSR count). The molecule has 1 saturated heterocycles. The lowest BCUT2D eigenvalue weighted by atomic mass is 10.1. The molecule has 0 aliphatic carbocycles. The number of benzene rings is 1. The number of carbonyl (C=O) groups is 2. The smallest absolute Gasteiger partial charge is 0.341 e. The Kier molecular flexibility index (Phi) is 5.51. The Morgan fingerprint density at radius 1 is 1.30 bits per heavy atom. The minimum atomic E-state index is -0.761. The zero-order valence-corrected chi connectivity index (χ0v) is 12.9. The number of amides is 1. The number of carbonyl (C=O) groups excluding carboxylic acids is 2. The van der Waals surface area contributed by atoms with Crippen LogP contribution >= 0.6 is 0 Å². The maximum atomic E-state index is 12.1. The Bertz CT molecular complexity index is 611. The lowest BCUT2D eigenvalue weighted by molar-refractivity contribution is -0.384. The number of hydrogen-bond acceptors (Lipinski definition) is 6. The number of piperidine rings is 1. The number of anilines is 1. The van der Waals surface area contributed by atoms with Gasteiger partial charge in [0.1, 0.15) is 0 Å². The van der Waals surface area contributed by atoms with Gasteiger partial charge in [0.2, 0.25) is 0 Å². The molecule has 1 aromatic carbocycles. The van der Waals surface area contributed by atoms with Gasteiger partial charge in [-0.15, -0.1) is 0 Å². The first-order chi connectivity index (χ1) is 11.0. The van der Waals surface area contributed by atoms with Crippen LogP contribution in [0.1, 0.15) is 29.6 Å². The Labute approximate surface area is 133 Å². The summed E-state index contributed by atoms with van der Waals surface area (Å²) in [4.78, 5) is 36.0. The van der Waals surface area contributed by atoms with Crippen LogP contribution < -0.4 is 5.32 Å². The Balaban J connectivity index is 2.03. The third-order valence-electron chi connectivity index (χ3n) is 3.74. The van der Waals surface area contributed by atoms with Gasteiger partial charge in [-0.3, -0.25) is 14.9 Å². The summed E-state index contributed by atoms with van der Waals surface area (Å²) in [5.41, 5.74) is 0.234. The highest BCUT2D eigenvalue weighted by Crippen LogP contribution is 2.22. The number of nitro groups is 1. The summed E-state index contributed by atoms with van der Waals surface area (Å²) in [5, 5.41) is 13.6. The molecule has 124 valence electrons. The van der Waals surface area contributed by atoms with Gasteiger partial charge in [-0.25, -0.2) is 4.79 Å². The SMILES string of the molecule is CNc1ccc([N+](=O)[O-])cc1C(=O)OCC(=O)N1CCCCC1. The number of nitrogens with zero attached hydrogens (tertiary/aromatic N) is 2. The van der Waals surface area contributed by atoms with Crippen molar-refractivity contribution >= 4 is 23.3 Å². The zero-order chi connectivity index (χ0) is 16.8. The third-order valence-corrected chi connectivity index (χ3v) is 3.74. The average Bonchev–Trinajstić information content (AvgIpc) is 2.59. The molecular formula is C15H19N3O5. The Morgan fingerprint density at radius 3 is 2.61 bits per heavy atom. The predicted octanol–water partition coefficient (Wildman–Crippen LogP) is 1.81. The van der Waals surface area contributed by atoms with E-state index in [0.29, 0.717) is 18.8 Å². The maximum Gasteiger partial charge on any atom is 0.341 e. The summed E-state index contributed by atoms with van der Waals surface area (Å²) in [6.45, 7) is 0.995. The topological polar surface area (TPSA) is 102 Å². The molecule has 1 aliphatic rings. The number of ether oxygens (including phenoxy) is 1. The number of esters is 1. The summed E-state index contributed by atoms with van der Waals surface area (Å²) in [7, 11) is 1.59. The number of nitro benzene ring substituents is 1. The van der Waals surface area contributed by atoms with Crippen LogP contribution in [0.2, 0.25) is 0 Å². The van der Waals surface area contributed by atoms with Crippen molar-refractivity contribution in [2.45, 2.75) is 19.3 Å².